The van der Waals surface area contributed by atoms with Crippen molar-refractivity contribution in [1.29, 1.82) is 0 Å². The Balaban J connectivity index is 2.50. The van der Waals surface area contributed by atoms with Gasteiger partial charge >= 0.3 is 0 Å². The number of pyridine rings is 1. The molecule has 0 radical (unpaired) electrons. The van der Waals surface area contributed by atoms with E-state index < -0.39 is 0 Å². The Morgan fingerprint density at radius 2 is 1.90 bits per heavy atom. The Hall–Kier alpha value is -1.87. The summed E-state index contributed by atoms with van der Waals surface area (Å²) in [6.45, 7) is 9.24. The van der Waals surface area contributed by atoms with E-state index in [1.807, 2.05) is 13.0 Å². The number of benzene rings is 1. The molecular weight excluding hydrogens is 260 g/mol. The van der Waals surface area contributed by atoms with E-state index in [2.05, 4.69) is 55.3 Å². The molecule has 2 rings (SSSR count). The lowest BCUT2D eigenvalue weighted by atomic mass is 9.95. The first-order chi connectivity index (χ1) is 10.1. The lowest BCUT2D eigenvalue weighted by Gasteiger charge is -2.22. The normalized spacial score (nSPS) is 12.2. The van der Waals surface area contributed by atoms with Gasteiger partial charge in [0.25, 0.3) is 0 Å². The molecule has 1 aromatic carbocycles. The summed E-state index contributed by atoms with van der Waals surface area (Å²) in [5.74, 6) is 0.934. The van der Waals surface area contributed by atoms with E-state index >= 15 is 0 Å². The van der Waals surface area contributed by atoms with Crippen molar-refractivity contribution in [3.63, 3.8) is 0 Å². The first kappa shape index (κ1) is 15.5. The highest BCUT2D eigenvalue weighted by Crippen LogP contribution is 2.29. The van der Waals surface area contributed by atoms with Gasteiger partial charge in [0.05, 0.1) is 18.8 Å². The van der Waals surface area contributed by atoms with Crippen molar-refractivity contribution in [2.45, 2.75) is 33.7 Å². The second-order valence-electron chi connectivity index (χ2n) is 5.37. The maximum Gasteiger partial charge on any atom is 0.122 e. The van der Waals surface area contributed by atoms with Crippen molar-refractivity contribution in [3.8, 4) is 5.75 Å². The molecule has 0 spiro atoms. The Labute approximate surface area is 127 Å². The van der Waals surface area contributed by atoms with Gasteiger partial charge in [0.15, 0.2) is 0 Å². The molecule has 0 bridgehead atoms. The number of methoxy groups -OCH3 is 1. The largest absolute Gasteiger partial charge is 0.496 e. The second-order valence-corrected chi connectivity index (χ2v) is 5.37. The fourth-order valence-electron chi connectivity index (χ4n) is 2.65. The summed E-state index contributed by atoms with van der Waals surface area (Å²) >= 11 is 0. The number of nitrogens with zero attached hydrogens (tertiary/aromatic N) is 1. The predicted molar refractivity (Wildman–Crippen MR) is 87.0 cm³/mol. The van der Waals surface area contributed by atoms with Crippen LogP contribution in [0.25, 0.3) is 0 Å². The Bertz CT molecular complexity index is 623. The lowest BCUT2D eigenvalue weighted by molar-refractivity contribution is 0.411. The zero-order valence-corrected chi connectivity index (χ0v) is 13.5. The van der Waals surface area contributed by atoms with E-state index in [9.17, 15) is 0 Å². The number of ether oxygens (including phenoxy) is 1. The molecule has 21 heavy (non-hydrogen) atoms. The van der Waals surface area contributed by atoms with Crippen molar-refractivity contribution in [3.05, 3.63) is 58.4 Å². The zero-order chi connectivity index (χ0) is 15.4. The van der Waals surface area contributed by atoms with Crippen LogP contribution >= 0.6 is 0 Å². The zero-order valence-electron chi connectivity index (χ0n) is 13.5. The molecule has 0 aliphatic rings. The van der Waals surface area contributed by atoms with E-state index in [0.717, 1.165) is 29.2 Å². The minimum absolute atomic E-state index is 0.111. The smallest absolute Gasteiger partial charge is 0.122 e. The van der Waals surface area contributed by atoms with Crippen LogP contribution in [0, 0.1) is 20.8 Å². The fourth-order valence-corrected chi connectivity index (χ4v) is 2.65. The van der Waals surface area contributed by atoms with Crippen LogP contribution in [-0.2, 0) is 0 Å². The number of nitrogens with one attached hydrogen (secondary N) is 1. The minimum Gasteiger partial charge on any atom is -0.496 e. The van der Waals surface area contributed by atoms with E-state index in [1.165, 1.54) is 11.1 Å². The highest BCUT2D eigenvalue weighted by Gasteiger charge is 2.18. The van der Waals surface area contributed by atoms with E-state index in [1.54, 1.807) is 7.11 Å². The quantitative estimate of drug-likeness (QED) is 0.908. The van der Waals surface area contributed by atoms with Crippen LogP contribution in [0.15, 0.2) is 30.3 Å². The van der Waals surface area contributed by atoms with Crippen LogP contribution in [-0.4, -0.2) is 18.6 Å². The summed E-state index contributed by atoms with van der Waals surface area (Å²) in [5.41, 5.74) is 5.72. The standard InChI is InChI=1S/C18H24N2O/c1-6-19-18(16-9-7-8-14(4)20-16)15-10-13(3)17(21-5)11-12(15)2/h7-11,18-19H,6H2,1-5H3. The number of rotatable bonds is 5. The molecule has 1 unspecified atom stereocenters. The molecule has 0 fully saturated rings. The number of hydrogen-bond acceptors (Lipinski definition) is 3. The van der Waals surface area contributed by atoms with Crippen molar-refractivity contribution < 1.29 is 4.74 Å². The molecule has 1 heterocycles. The van der Waals surface area contributed by atoms with E-state index in [-0.39, 0.29) is 6.04 Å². The Kier molecular flexibility index (Phi) is 4.97. The van der Waals surface area contributed by atoms with Gasteiger partial charge < -0.3 is 10.1 Å². The average molecular weight is 284 g/mol. The first-order valence-electron chi connectivity index (χ1n) is 7.38. The van der Waals surface area contributed by atoms with Crippen LogP contribution in [0.1, 0.15) is 41.0 Å². The van der Waals surface area contributed by atoms with Crippen LogP contribution in [0.5, 0.6) is 5.75 Å². The molecule has 0 aliphatic heterocycles. The molecule has 3 nitrogen and oxygen atoms in total. The molecule has 0 saturated carbocycles. The monoisotopic (exact) mass is 284 g/mol. The van der Waals surface area contributed by atoms with Crippen molar-refractivity contribution in [2.24, 2.45) is 0 Å². The maximum atomic E-state index is 5.41. The highest BCUT2D eigenvalue weighted by atomic mass is 16.5. The van der Waals surface area contributed by atoms with Crippen LogP contribution < -0.4 is 10.1 Å². The lowest BCUT2D eigenvalue weighted by Crippen LogP contribution is -2.24. The molecule has 1 N–H and O–H groups in total. The Morgan fingerprint density at radius 3 is 2.52 bits per heavy atom. The summed E-state index contributed by atoms with van der Waals surface area (Å²) in [4.78, 5) is 4.69. The molecular formula is C18H24N2O. The summed E-state index contributed by atoms with van der Waals surface area (Å²) in [7, 11) is 1.71. The molecule has 1 aromatic heterocycles. The van der Waals surface area contributed by atoms with Crippen LogP contribution in [0.2, 0.25) is 0 Å². The van der Waals surface area contributed by atoms with Gasteiger partial charge in [-0.3, -0.25) is 4.98 Å². The molecule has 0 saturated heterocycles. The van der Waals surface area contributed by atoms with Crippen molar-refractivity contribution >= 4 is 0 Å². The first-order valence-corrected chi connectivity index (χ1v) is 7.38. The predicted octanol–water partition coefficient (Wildman–Crippen LogP) is 3.71. The van der Waals surface area contributed by atoms with Gasteiger partial charge in [0.2, 0.25) is 0 Å². The van der Waals surface area contributed by atoms with E-state index in [0.29, 0.717) is 0 Å². The van der Waals surface area contributed by atoms with Crippen molar-refractivity contribution in [1.82, 2.24) is 10.3 Å². The third-order valence-corrected chi connectivity index (χ3v) is 3.71. The molecule has 1 atom stereocenters. The average Bonchev–Trinajstić information content (AvgIpc) is 2.47. The third-order valence-electron chi connectivity index (χ3n) is 3.71. The number of aryl methyl sites for hydroxylation is 3. The molecule has 112 valence electrons. The molecule has 0 aliphatic carbocycles. The summed E-state index contributed by atoms with van der Waals surface area (Å²) in [6, 6.07) is 10.6. The summed E-state index contributed by atoms with van der Waals surface area (Å²) < 4.78 is 5.41. The topological polar surface area (TPSA) is 34.2 Å². The van der Waals surface area contributed by atoms with Gasteiger partial charge in [0.1, 0.15) is 5.75 Å². The summed E-state index contributed by atoms with van der Waals surface area (Å²) in [5, 5.41) is 3.54. The molecule has 2 aromatic rings. The SMILES string of the molecule is CCNC(c1cccc(C)n1)c1cc(C)c(OC)cc1C. The Morgan fingerprint density at radius 1 is 1.14 bits per heavy atom. The van der Waals surface area contributed by atoms with Crippen molar-refractivity contribution in [2.75, 3.05) is 13.7 Å². The maximum absolute atomic E-state index is 5.41. The number of hydrogen-bond donors (Lipinski definition) is 1. The molecule has 3 heteroatoms. The van der Waals surface area contributed by atoms with Gasteiger partial charge in [0, 0.05) is 5.69 Å². The number of aromatic nitrogens is 1. The fraction of sp³-hybridized carbons (Fsp3) is 0.389. The van der Waals surface area contributed by atoms with Crippen LogP contribution in [0.4, 0.5) is 0 Å². The van der Waals surface area contributed by atoms with Gasteiger partial charge in [-0.1, -0.05) is 19.1 Å². The summed E-state index contributed by atoms with van der Waals surface area (Å²) in [6.07, 6.45) is 0. The molecule has 0 amide bonds. The highest BCUT2D eigenvalue weighted by molar-refractivity contribution is 5.45. The second kappa shape index (κ2) is 6.72. The van der Waals surface area contributed by atoms with Gasteiger partial charge in [-0.05, 0) is 62.2 Å². The van der Waals surface area contributed by atoms with Gasteiger partial charge in [-0.15, -0.1) is 0 Å². The van der Waals surface area contributed by atoms with Gasteiger partial charge in [-0.2, -0.15) is 0 Å². The third kappa shape index (κ3) is 3.42. The van der Waals surface area contributed by atoms with Crippen LogP contribution in [0.3, 0.4) is 0 Å². The minimum atomic E-state index is 0.111. The van der Waals surface area contributed by atoms with E-state index in [4.69, 9.17) is 4.74 Å². The van der Waals surface area contributed by atoms with Gasteiger partial charge in [-0.25, -0.2) is 0 Å².